The SMILES string of the molecule is CCC1(C)CCN(S(=O)(=O)c2cc(C#N)ccc2Cl)CC1. The number of benzene rings is 1. The molecule has 0 N–H and O–H groups in total. The van der Waals surface area contributed by atoms with Crippen LogP contribution in [0.1, 0.15) is 38.7 Å². The second-order valence-corrected chi connectivity index (χ2v) is 8.14. The second kappa shape index (κ2) is 5.96. The fraction of sp³-hybridized carbons (Fsp3) is 0.533. The van der Waals surface area contributed by atoms with Crippen LogP contribution in [-0.2, 0) is 10.0 Å². The zero-order chi connectivity index (χ0) is 15.7. The Morgan fingerprint density at radius 1 is 1.38 bits per heavy atom. The summed E-state index contributed by atoms with van der Waals surface area (Å²) in [5.41, 5.74) is 0.512. The van der Waals surface area contributed by atoms with Crippen LogP contribution in [0.5, 0.6) is 0 Å². The summed E-state index contributed by atoms with van der Waals surface area (Å²) in [4.78, 5) is 0.0309. The van der Waals surface area contributed by atoms with Gasteiger partial charge in [0.25, 0.3) is 0 Å². The third-order valence-corrected chi connectivity index (χ3v) is 6.84. The van der Waals surface area contributed by atoms with E-state index in [1.54, 1.807) is 0 Å². The highest BCUT2D eigenvalue weighted by Crippen LogP contribution is 2.36. The number of sulfonamides is 1. The zero-order valence-electron chi connectivity index (χ0n) is 12.3. The van der Waals surface area contributed by atoms with E-state index in [-0.39, 0.29) is 15.3 Å². The molecule has 21 heavy (non-hydrogen) atoms. The first kappa shape index (κ1) is 16.3. The predicted octanol–water partition coefficient (Wildman–Crippen LogP) is 3.41. The van der Waals surface area contributed by atoms with Crippen LogP contribution in [0.4, 0.5) is 0 Å². The summed E-state index contributed by atoms with van der Waals surface area (Å²) in [7, 11) is -3.63. The smallest absolute Gasteiger partial charge is 0.207 e. The Kier molecular flexibility index (Phi) is 4.62. The minimum Gasteiger partial charge on any atom is -0.207 e. The molecule has 0 radical (unpaired) electrons. The lowest BCUT2D eigenvalue weighted by atomic mass is 9.79. The van der Waals surface area contributed by atoms with Crippen molar-refractivity contribution in [2.75, 3.05) is 13.1 Å². The fourth-order valence-corrected chi connectivity index (χ4v) is 4.47. The first-order valence-electron chi connectivity index (χ1n) is 7.02. The molecule has 0 saturated carbocycles. The van der Waals surface area contributed by atoms with Crippen LogP contribution >= 0.6 is 11.6 Å². The number of hydrogen-bond donors (Lipinski definition) is 0. The maximum absolute atomic E-state index is 12.7. The summed E-state index contributed by atoms with van der Waals surface area (Å²) in [5, 5.41) is 9.09. The quantitative estimate of drug-likeness (QED) is 0.855. The van der Waals surface area contributed by atoms with Gasteiger partial charge < -0.3 is 0 Å². The predicted molar refractivity (Wildman–Crippen MR) is 82.6 cm³/mol. The first-order chi connectivity index (χ1) is 9.82. The van der Waals surface area contributed by atoms with Crippen molar-refractivity contribution in [2.24, 2.45) is 5.41 Å². The topological polar surface area (TPSA) is 61.2 Å². The van der Waals surface area contributed by atoms with Crippen molar-refractivity contribution in [1.82, 2.24) is 4.31 Å². The highest BCUT2D eigenvalue weighted by Gasteiger charge is 2.35. The van der Waals surface area contributed by atoms with E-state index < -0.39 is 10.0 Å². The van der Waals surface area contributed by atoms with E-state index in [1.807, 2.05) is 6.07 Å². The van der Waals surface area contributed by atoms with Gasteiger partial charge in [0, 0.05) is 13.1 Å². The third-order valence-electron chi connectivity index (χ3n) is 4.46. The molecule has 4 nitrogen and oxygen atoms in total. The number of nitriles is 1. The van der Waals surface area contributed by atoms with Crippen LogP contribution in [0.2, 0.25) is 5.02 Å². The van der Waals surface area contributed by atoms with Crippen LogP contribution in [0.3, 0.4) is 0 Å². The normalized spacial score (nSPS) is 19.1. The van der Waals surface area contributed by atoms with Gasteiger partial charge in [0.1, 0.15) is 4.90 Å². The molecule has 0 unspecified atom stereocenters. The van der Waals surface area contributed by atoms with E-state index in [4.69, 9.17) is 16.9 Å². The first-order valence-corrected chi connectivity index (χ1v) is 8.84. The summed E-state index contributed by atoms with van der Waals surface area (Å²) in [6, 6.07) is 6.29. The molecule has 0 amide bonds. The number of rotatable bonds is 3. The van der Waals surface area contributed by atoms with Gasteiger partial charge in [0.15, 0.2) is 0 Å². The molecular formula is C15H19ClN2O2S. The van der Waals surface area contributed by atoms with E-state index in [2.05, 4.69) is 13.8 Å². The molecule has 0 aliphatic carbocycles. The van der Waals surface area contributed by atoms with Crippen molar-refractivity contribution in [3.63, 3.8) is 0 Å². The minimum absolute atomic E-state index is 0.0309. The van der Waals surface area contributed by atoms with Crippen molar-refractivity contribution in [3.8, 4) is 6.07 Å². The van der Waals surface area contributed by atoms with Gasteiger partial charge in [0.05, 0.1) is 16.7 Å². The Morgan fingerprint density at radius 3 is 2.52 bits per heavy atom. The van der Waals surface area contributed by atoms with Crippen molar-refractivity contribution < 1.29 is 8.42 Å². The number of nitrogens with zero attached hydrogens (tertiary/aromatic N) is 2. The molecular weight excluding hydrogens is 308 g/mol. The van der Waals surface area contributed by atoms with Crippen molar-refractivity contribution in [1.29, 1.82) is 5.26 Å². The molecule has 1 aromatic carbocycles. The van der Waals surface area contributed by atoms with Crippen LogP contribution < -0.4 is 0 Å². The van der Waals surface area contributed by atoms with E-state index in [0.717, 1.165) is 19.3 Å². The lowest BCUT2D eigenvalue weighted by Crippen LogP contribution is -2.41. The maximum atomic E-state index is 12.7. The fourth-order valence-electron chi connectivity index (χ4n) is 2.53. The summed E-state index contributed by atoms with van der Waals surface area (Å²) in [5.74, 6) is 0. The minimum atomic E-state index is -3.63. The van der Waals surface area contributed by atoms with Gasteiger partial charge in [-0.05, 0) is 36.5 Å². The molecule has 1 heterocycles. The Labute approximate surface area is 131 Å². The lowest BCUT2D eigenvalue weighted by molar-refractivity contribution is 0.169. The average Bonchev–Trinajstić information content (AvgIpc) is 2.48. The second-order valence-electron chi connectivity index (χ2n) is 5.83. The van der Waals surface area contributed by atoms with Gasteiger partial charge >= 0.3 is 0 Å². The van der Waals surface area contributed by atoms with Crippen molar-refractivity contribution in [2.45, 2.75) is 38.0 Å². The highest BCUT2D eigenvalue weighted by molar-refractivity contribution is 7.89. The molecule has 1 aliphatic heterocycles. The van der Waals surface area contributed by atoms with Crippen molar-refractivity contribution in [3.05, 3.63) is 28.8 Å². The third kappa shape index (κ3) is 3.23. The van der Waals surface area contributed by atoms with Crippen LogP contribution in [0.25, 0.3) is 0 Å². The molecule has 0 atom stereocenters. The molecule has 1 aromatic rings. The van der Waals surface area contributed by atoms with Gasteiger partial charge in [-0.2, -0.15) is 9.57 Å². The van der Waals surface area contributed by atoms with Crippen LogP contribution in [-0.4, -0.2) is 25.8 Å². The molecule has 0 spiro atoms. The van der Waals surface area contributed by atoms with Gasteiger partial charge in [-0.1, -0.05) is 31.9 Å². The Balaban J connectivity index is 2.30. The average molecular weight is 327 g/mol. The Hall–Kier alpha value is -1.09. The highest BCUT2D eigenvalue weighted by atomic mass is 35.5. The molecule has 1 saturated heterocycles. The number of halogens is 1. The summed E-state index contributed by atoms with van der Waals surface area (Å²) in [6.07, 6.45) is 2.74. The Morgan fingerprint density at radius 2 is 2.00 bits per heavy atom. The molecule has 2 rings (SSSR count). The molecule has 0 aromatic heterocycles. The van der Waals surface area contributed by atoms with Gasteiger partial charge in [-0.25, -0.2) is 8.42 Å². The standard InChI is InChI=1S/C15H19ClN2O2S/c1-3-15(2)6-8-18(9-7-15)21(19,20)14-10-12(11-17)4-5-13(14)16/h4-5,10H,3,6-9H2,1-2H3. The maximum Gasteiger partial charge on any atom is 0.244 e. The molecule has 6 heteroatoms. The molecule has 1 aliphatic rings. The van der Waals surface area contributed by atoms with E-state index in [0.29, 0.717) is 18.7 Å². The number of piperidine rings is 1. The lowest BCUT2D eigenvalue weighted by Gasteiger charge is -2.38. The molecule has 0 bridgehead atoms. The van der Waals surface area contributed by atoms with E-state index >= 15 is 0 Å². The van der Waals surface area contributed by atoms with Gasteiger partial charge in [-0.3, -0.25) is 0 Å². The largest absolute Gasteiger partial charge is 0.244 e. The van der Waals surface area contributed by atoms with Gasteiger partial charge in [0.2, 0.25) is 10.0 Å². The van der Waals surface area contributed by atoms with E-state index in [9.17, 15) is 8.42 Å². The molecule has 114 valence electrons. The van der Waals surface area contributed by atoms with Crippen LogP contribution in [0.15, 0.2) is 23.1 Å². The zero-order valence-corrected chi connectivity index (χ0v) is 13.8. The van der Waals surface area contributed by atoms with Crippen LogP contribution in [0, 0.1) is 16.7 Å². The summed E-state index contributed by atoms with van der Waals surface area (Å²) >= 11 is 6.03. The Bertz CT molecular complexity index is 671. The summed E-state index contributed by atoms with van der Waals surface area (Å²) in [6.45, 7) is 5.33. The number of hydrogen-bond acceptors (Lipinski definition) is 3. The monoisotopic (exact) mass is 326 g/mol. The van der Waals surface area contributed by atoms with Crippen molar-refractivity contribution >= 4 is 21.6 Å². The van der Waals surface area contributed by atoms with Gasteiger partial charge in [-0.15, -0.1) is 0 Å². The molecule has 1 fully saturated rings. The van der Waals surface area contributed by atoms with E-state index in [1.165, 1.54) is 22.5 Å². The summed E-state index contributed by atoms with van der Waals surface area (Å²) < 4.78 is 26.9.